The van der Waals surface area contributed by atoms with E-state index in [9.17, 15) is 0 Å². The summed E-state index contributed by atoms with van der Waals surface area (Å²) in [6.45, 7) is 6.81. The predicted molar refractivity (Wildman–Crippen MR) is 73.0 cm³/mol. The molecule has 3 heteroatoms. The Morgan fingerprint density at radius 2 is 2.12 bits per heavy atom. The van der Waals surface area contributed by atoms with Crippen molar-refractivity contribution in [3.63, 3.8) is 0 Å². The first-order valence-corrected chi connectivity index (χ1v) is 6.85. The van der Waals surface area contributed by atoms with Crippen molar-refractivity contribution in [3.05, 3.63) is 33.3 Å². The summed E-state index contributed by atoms with van der Waals surface area (Å²) in [4.78, 5) is 0. The van der Waals surface area contributed by atoms with Gasteiger partial charge in [0, 0.05) is 28.0 Å². The van der Waals surface area contributed by atoms with Crippen LogP contribution >= 0.6 is 27.5 Å². The molecule has 1 aromatic carbocycles. The molecule has 1 fully saturated rings. The first kappa shape index (κ1) is 12.4. The molecule has 88 valence electrons. The second kappa shape index (κ2) is 4.67. The molecule has 0 bridgehead atoms. The molecule has 16 heavy (non-hydrogen) atoms. The van der Waals surface area contributed by atoms with Crippen LogP contribution in [0.1, 0.15) is 19.4 Å². The summed E-state index contributed by atoms with van der Waals surface area (Å²) in [6, 6.07) is 6.19. The van der Waals surface area contributed by atoms with Crippen molar-refractivity contribution in [2.24, 2.45) is 11.3 Å². The van der Waals surface area contributed by atoms with E-state index in [2.05, 4.69) is 47.2 Å². The lowest BCUT2D eigenvalue weighted by atomic mass is 9.68. The zero-order valence-electron chi connectivity index (χ0n) is 9.69. The molecule has 0 amide bonds. The molecule has 1 aliphatic rings. The summed E-state index contributed by atoms with van der Waals surface area (Å²) in [5, 5.41) is 4.26. The van der Waals surface area contributed by atoms with E-state index < -0.39 is 0 Å². The number of halogens is 2. The number of benzene rings is 1. The molecular weight excluding hydrogens is 286 g/mol. The second-order valence-electron chi connectivity index (χ2n) is 5.03. The van der Waals surface area contributed by atoms with Crippen LogP contribution in [-0.4, -0.2) is 13.1 Å². The van der Waals surface area contributed by atoms with Crippen molar-refractivity contribution in [1.82, 2.24) is 5.32 Å². The third-order valence-electron chi connectivity index (χ3n) is 3.74. The van der Waals surface area contributed by atoms with E-state index in [-0.39, 0.29) is 0 Å². The zero-order valence-corrected chi connectivity index (χ0v) is 12.0. The quantitative estimate of drug-likeness (QED) is 0.893. The van der Waals surface area contributed by atoms with Crippen LogP contribution in [0.3, 0.4) is 0 Å². The highest BCUT2D eigenvalue weighted by atomic mass is 79.9. The van der Waals surface area contributed by atoms with Gasteiger partial charge in [0.05, 0.1) is 0 Å². The summed E-state index contributed by atoms with van der Waals surface area (Å²) < 4.78 is 1.05. The van der Waals surface area contributed by atoms with Crippen LogP contribution in [0.2, 0.25) is 5.02 Å². The molecule has 1 nitrogen and oxygen atoms in total. The molecule has 0 radical (unpaired) electrons. The van der Waals surface area contributed by atoms with E-state index in [1.54, 1.807) is 0 Å². The SMILES string of the molecule is CC(C)C1(Cc2ccc(Br)cc2Cl)CNC1. The molecule has 1 N–H and O–H groups in total. The Kier molecular flexibility index (Phi) is 3.62. The van der Waals surface area contributed by atoms with E-state index in [1.807, 2.05) is 6.07 Å². The van der Waals surface area contributed by atoms with Crippen LogP contribution in [0.5, 0.6) is 0 Å². The fraction of sp³-hybridized carbons (Fsp3) is 0.538. The summed E-state index contributed by atoms with van der Waals surface area (Å²) >= 11 is 9.71. The maximum Gasteiger partial charge on any atom is 0.0449 e. The maximum absolute atomic E-state index is 6.27. The van der Waals surface area contributed by atoms with Crippen LogP contribution in [0, 0.1) is 11.3 Å². The minimum absolute atomic E-state index is 0.400. The lowest BCUT2D eigenvalue weighted by Crippen LogP contribution is -2.57. The van der Waals surface area contributed by atoms with E-state index in [4.69, 9.17) is 11.6 Å². The Morgan fingerprint density at radius 1 is 1.44 bits per heavy atom. The highest BCUT2D eigenvalue weighted by Gasteiger charge is 2.40. The van der Waals surface area contributed by atoms with Crippen molar-refractivity contribution in [2.45, 2.75) is 20.3 Å². The minimum atomic E-state index is 0.400. The van der Waals surface area contributed by atoms with E-state index in [0.29, 0.717) is 11.3 Å². The smallest absolute Gasteiger partial charge is 0.0449 e. The Bertz CT molecular complexity index is 386. The molecule has 1 aliphatic heterocycles. The van der Waals surface area contributed by atoms with Gasteiger partial charge in [0.15, 0.2) is 0 Å². The van der Waals surface area contributed by atoms with Crippen molar-refractivity contribution >= 4 is 27.5 Å². The molecule has 2 rings (SSSR count). The topological polar surface area (TPSA) is 12.0 Å². The summed E-state index contributed by atoms with van der Waals surface area (Å²) in [7, 11) is 0. The molecule has 0 spiro atoms. The van der Waals surface area contributed by atoms with Gasteiger partial charge in [-0.15, -0.1) is 0 Å². The number of rotatable bonds is 3. The van der Waals surface area contributed by atoms with Gasteiger partial charge in [-0.25, -0.2) is 0 Å². The van der Waals surface area contributed by atoms with Gasteiger partial charge >= 0.3 is 0 Å². The predicted octanol–water partition coefficient (Wildman–Crippen LogP) is 3.89. The minimum Gasteiger partial charge on any atom is -0.315 e. The lowest BCUT2D eigenvalue weighted by molar-refractivity contribution is 0.0995. The first-order chi connectivity index (χ1) is 7.53. The lowest BCUT2D eigenvalue weighted by Gasteiger charge is -2.46. The van der Waals surface area contributed by atoms with Crippen molar-refractivity contribution < 1.29 is 0 Å². The van der Waals surface area contributed by atoms with Crippen LogP contribution in [-0.2, 0) is 6.42 Å². The normalized spacial score (nSPS) is 18.6. The second-order valence-corrected chi connectivity index (χ2v) is 6.36. The van der Waals surface area contributed by atoms with Crippen molar-refractivity contribution in [3.8, 4) is 0 Å². The van der Waals surface area contributed by atoms with Gasteiger partial charge in [0.2, 0.25) is 0 Å². The average molecular weight is 303 g/mol. The van der Waals surface area contributed by atoms with Gasteiger partial charge in [-0.2, -0.15) is 0 Å². The molecule has 0 aliphatic carbocycles. The average Bonchev–Trinajstić information content (AvgIpc) is 2.13. The van der Waals surface area contributed by atoms with Gasteiger partial charge in [-0.3, -0.25) is 0 Å². The largest absolute Gasteiger partial charge is 0.315 e. The molecule has 1 aromatic rings. The molecule has 0 unspecified atom stereocenters. The van der Waals surface area contributed by atoms with Crippen LogP contribution in [0.4, 0.5) is 0 Å². The standard InChI is InChI=1S/C13H17BrClN/c1-9(2)13(7-16-8-13)6-10-3-4-11(14)5-12(10)15/h3-5,9,16H,6-8H2,1-2H3. The Labute approximate surface area is 111 Å². The van der Waals surface area contributed by atoms with Crippen LogP contribution < -0.4 is 5.32 Å². The number of hydrogen-bond donors (Lipinski definition) is 1. The number of hydrogen-bond acceptors (Lipinski definition) is 1. The van der Waals surface area contributed by atoms with Gasteiger partial charge in [-0.05, 0) is 30.0 Å². The molecule has 0 atom stereocenters. The summed E-state index contributed by atoms with van der Waals surface area (Å²) in [5.74, 6) is 0.688. The van der Waals surface area contributed by atoms with E-state index in [1.165, 1.54) is 5.56 Å². The Morgan fingerprint density at radius 3 is 2.56 bits per heavy atom. The third kappa shape index (κ3) is 2.29. The molecule has 1 heterocycles. The van der Waals surface area contributed by atoms with Gasteiger partial charge in [0.25, 0.3) is 0 Å². The highest BCUT2D eigenvalue weighted by Crippen LogP contribution is 2.37. The third-order valence-corrected chi connectivity index (χ3v) is 4.58. The molecule has 1 saturated heterocycles. The van der Waals surface area contributed by atoms with Crippen LogP contribution in [0.15, 0.2) is 22.7 Å². The fourth-order valence-corrected chi connectivity index (χ4v) is 2.97. The van der Waals surface area contributed by atoms with Crippen LogP contribution in [0.25, 0.3) is 0 Å². The maximum atomic E-state index is 6.27. The molecular formula is C13H17BrClN. The Hall–Kier alpha value is -0.0500. The molecule has 0 aromatic heterocycles. The summed E-state index contributed by atoms with van der Waals surface area (Å²) in [6.07, 6.45) is 1.07. The summed E-state index contributed by atoms with van der Waals surface area (Å²) in [5.41, 5.74) is 1.66. The van der Waals surface area contributed by atoms with E-state index in [0.717, 1.165) is 29.0 Å². The monoisotopic (exact) mass is 301 g/mol. The zero-order chi connectivity index (χ0) is 11.8. The van der Waals surface area contributed by atoms with Gasteiger partial charge in [-0.1, -0.05) is 47.4 Å². The first-order valence-electron chi connectivity index (χ1n) is 5.68. The highest BCUT2D eigenvalue weighted by molar-refractivity contribution is 9.10. The Balaban J connectivity index is 2.20. The van der Waals surface area contributed by atoms with Gasteiger partial charge in [0.1, 0.15) is 0 Å². The molecule has 0 saturated carbocycles. The van der Waals surface area contributed by atoms with Crippen molar-refractivity contribution in [1.29, 1.82) is 0 Å². The van der Waals surface area contributed by atoms with Crippen molar-refractivity contribution in [2.75, 3.05) is 13.1 Å². The van der Waals surface area contributed by atoms with E-state index >= 15 is 0 Å². The number of nitrogens with one attached hydrogen (secondary N) is 1. The fourth-order valence-electron chi connectivity index (χ4n) is 2.23. The van der Waals surface area contributed by atoms with Gasteiger partial charge < -0.3 is 5.32 Å².